The van der Waals surface area contributed by atoms with Crippen molar-refractivity contribution in [2.45, 2.75) is 17.9 Å². The van der Waals surface area contributed by atoms with E-state index in [2.05, 4.69) is 46.8 Å². The van der Waals surface area contributed by atoms with Crippen molar-refractivity contribution in [2.75, 3.05) is 19.4 Å². The fourth-order valence-corrected chi connectivity index (χ4v) is 3.69. The van der Waals surface area contributed by atoms with Gasteiger partial charge in [0.15, 0.2) is 0 Å². The summed E-state index contributed by atoms with van der Waals surface area (Å²) in [5, 5.41) is 5.97. The number of carbonyl (C=O) groups is 1. The second-order valence-corrected chi connectivity index (χ2v) is 7.84. The molecule has 2 aromatic carbocycles. The molecule has 1 heterocycles. The van der Waals surface area contributed by atoms with Gasteiger partial charge in [0, 0.05) is 36.6 Å². The number of hydrogen-bond acceptors (Lipinski definition) is 4. The average Bonchev–Trinajstić information content (AvgIpc) is 3.16. The van der Waals surface area contributed by atoms with Crippen LogP contribution in [0.2, 0.25) is 0 Å². The van der Waals surface area contributed by atoms with Gasteiger partial charge in [0.2, 0.25) is 0 Å². The highest BCUT2D eigenvalue weighted by Gasteiger charge is 2.21. The lowest BCUT2D eigenvalue weighted by molar-refractivity contribution is 0.238. The summed E-state index contributed by atoms with van der Waals surface area (Å²) in [6.07, 6.45) is 3.58. The van der Waals surface area contributed by atoms with Crippen molar-refractivity contribution < 1.29 is 9.53 Å². The smallest absolute Gasteiger partial charge is 0.315 e. The number of nitrogens with zero attached hydrogens (tertiary/aromatic N) is 2. The second-order valence-electron chi connectivity index (χ2n) is 6.67. The molecule has 3 rings (SSSR count). The van der Waals surface area contributed by atoms with Crippen LogP contribution in [-0.2, 0) is 7.05 Å². The second kappa shape index (κ2) is 10.0. The van der Waals surface area contributed by atoms with Crippen LogP contribution in [0.3, 0.4) is 0 Å². The molecule has 0 fully saturated rings. The van der Waals surface area contributed by atoms with Crippen LogP contribution in [0.5, 0.6) is 5.75 Å². The van der Waals surface area contributed by atoms with Crippen molar-refractivity contribution in [3.63, 3.8) is 0 Å². The van der Waals surface area contributed by atoms with Gasteiger partial charge < -0.3 is 19.9 Å². The zero-order valence-electron chi connectivity index (χ0n) is 16.9. The standard InChI is InChI=1S/C22H26N4O2S/c1-16-7-9-19(10-8-16)29-14-12-24-22(27)25-20(21-23-11-13-26(21)2)17-5-4-6-18(15-17)28-3/h4-11,13,15,20H,12,14H2,1-3H3,(H2,24,25,27). The Hall–Kier alpha value is -2.93. The normalized spacial score (nSPS) is 11.7. The Labute approximate surface area is 175 Å². The van der Waals surface area contributed by atoms with Gasteiger partial charge in [0.25, 0.3) is 0 Å². The molecular weight excluding hydrogens is 384 g/mol. The number of carbonyl (C=O) groups excluding carboxylic acids is 1. The molecule has 6 nitrogen and oxygen atoms in total. The van der Waals surface area contributed by atoms with Crippen molar-refractivity contribution in [3.05, 3.63) is 77.9 Å². The van der Waals surface area contributed by atoms with E-state index in [4.69, 9.17) is 4.74 Å². The maximum atomic E-state index is 12.5. The van der Waals surface area contributed by atoms with Crippen LogP contribution in [0.25, 0.3) is 0 Å². The number of amides is 2. The summed E-state index contributed by atoms with van der Waals surface area (Å²) < 4.78 is 7.23. The predicted octanol–water partition coefficient (Wildman–Crippen LogP) is 3.92. The van der Waals surface area contributed by atoms with Crippen LogP contribution >= 0.6 is 11.8 Å². The molecule has 0 bridgehead atoms. The summed E-state index contributed by atoms with van der Waals surface area (Å²) in [5.74, 6) is 2.28. The first-order valence-electron chi connectivity index (χ1n) is 9.42. The molecule has 0 saturated carbocycles. The van der Waals surface area contributed by atoms with E-state index in [0.717, 1.165) is 22.9 Å². The Morgan fingerprint density at radius 1 is 1.24 bits per heavy atom. The van der Waals surface area contributed by atoms with Gasteiger partial charge in [-0.3, -0.25) is 0 Å². The minimum absolute atomic E-state index is 0.231. The SMILES string of the molecule is COc1cccc(C(NC(=O)NCCSc2ccc(C)cc2)c2nccn2C)c1. The minimum atomic E-state index is -0.380. The van der Waals surface area contributed by atoms with Gasteiger partial charge in [-0.25, -0.2) is 9.78 Å². The number of methoxy groups -OCH3 is 1. The maximum Gasteiger partial charge on any atom is 0.315 e. The van der Waals surface area contributed by atoms with Crippen LogP contribution in [0, 0.1) is 6.92 Å². The molecular formula is C22H26N4O2S. The maximum absolute atomic E-state index is 12.5. The molecule has 3 aromatic rings. The molecule has 1 aromatic heterocycles. The highest BCUT2D eigenvalue weighted by molar-refractivity contribution is 7.99. The molecule has 1 atom stereocenters. The van der Waals surface area contributed by atoms with E-state index >= 15 is 0 Å². The van der Waals surface area contributed by atoms with Gasteiger partial charge in [0.1, 0.15) is 17.6 Å². The van der Waals surface area contributed by atoms with E-state index in [1.165, 1.54) is 10.5 Å². The molecule has 152 valence electrons. The number of nitrogens with one attached hydrogen (secondary N) is 2. The number of benzene rings is 2. The summed E-state index contributed by atoms with van der Waals surface area (Å²) in [4.78, 5) is 18.2. The van der Waals surface area contributed by atoms with Crippen molar-refractivity contribution in [3.8, 4) is 5.75 Å². The summed E-state index contributed by atoms with van der Waals surface area (Å²) in [7, 11) is 3.54. The van der Waals surface area contributed by atoms with Crippen LogP contribution in [0.4, 0.5) is 4.79 Å². The zero-order valence-corrected chi connectivity index (χ0v) is 17.7. The Morgan fingerprint density at radius 3 is 2.72 bits per heavy atom. The summed E-state index contributed by atoms with van der Waals surface area (Å²) >= 11 is 1.72. The number of aryl methyl sites for hydroxylation is 2. The molecule has 0 spiro atoms. The molecule has 2 N–H and O–H groups in total. The van der Waals surface area contributed by atoms with Gasteiger partial charge in [-0.1, -0.05) is 29.8 Å². The third-order valence-corrected chi connectivity index (χ3v) is 5.51. The van der Waals surface area contributed by atoms with Crippen LogP contribution < -0.4 is 15.4 Å². The fraction of sp³-hybridized carbons (Fsp3) is 0.273. The predicted molar refractivity (Wildman–Crippen MR) is 116 cm³/mol. The molecule has 0 saturated heterocycles. The zero-order chi connectivity index (χ0) is 20.6. The van der Waals surface area contributed by atoms with E-state index in [-0.39, 0.29) is 12.1 Å². The van der Waals surface area contributed by atoms with Gasteiger partial charge in [-0.05, 0) is 36.8 Å². The largest absolute Gasteiger partial charge is 0.497 e. The van der Waals surface area contributed by atoms with Gasteiger partial charge >= 0.3 is 6.03 Å². The van der Waals surface area contributed by atoms with Gasteiger partial charge in [-0.2, -0.15) is 0 Å². The Balaban J connectivity index is 1.60. The Morgan fingerprint density at radius 2 is 2.03 bits per heavy atom. The lowest BCUT2D eigenvalue weighted by atomic mass is 10.1. The molecule has 0 radical (unpaired) electrons. The lowest BCUT2D eigenvalue weighted by Gasteiger charge is -2.20. The van der Waals surface area contributed by atoms with E-state index in [1.807, 2.05) is 42.1 Å². The average molecular weight is 411 g/mol. The Bertz CT molecular complexity index is 940. The summed E-state index contributed by atoms with van der Waals surface area (Å²) in [5.41, 5.74) is 2.15. The third-order valence-electron chi connectivity index (χ3n) is 4.50. The molecule has 0 aliphatic heterocycles. The number of rotatable bonds is 8. The molecule has 2 amide bonds. The van der Waals surface area contributed by atoms with E-state index < -0.39 is 0 Å². The topological polar surface area (TPSA) is 68.2 Å². The van der Waals surface area contributed by atoms with Crippen molar-refractivity contribution >= 4 is 17.8 Å². The van der Waals surface area contributed by atoms with E-state index in [9.17, 15) is 4.79 Å². The fourth-order valence-electron chi connectivity index (χ4n) is 2.92. The highest BCUT2D eigenvalue weighted by atomic mass is 32.2. The van der Waals surface area contributed by atoms with Crippen molar-refractivity contribution in [2.24, 2.45) is 7.05 Å². The first-order chi connectivity index (χ1) is 14.1. The van der Waals surface area contributed by atoms with Crippen LogP contribution in [0.1, 0.15) is 23.0 Å². The first kappa shape index (κ1) is 20.8. The molecule has 29 heavy (non-hydrogen) atoms. The quantitative estimate of drug-likeness (QED) is 0.436. The van der Waals surface area contributed by atoms with Crippen molar-refractivity contribution in [1.29, 1.82) is 0 Å². The van der Waals surface area contributed by atoms with Gasteiger partial charge in [-0.15, -0.1) is 11.8 Å². The summed E-state index contributed by atoms with van der Waals surface area (Å²) in [6, 6.07) is 15.4. The first-order valence-corrected chi connectivity index (χ1v) is 10.4. The number of aromatic nitrogens is 2. The highest BCUT2D eigenvalue weighted by Crippen LogP contribution is 2.24. The van der Waals surface area contributed by atoms with E-state index in [1.54, 1.807) is 25.1 Å². The number of imidazole rings is 1. The monoisotopic (exact) mass is 410 g/mol. The van der Waals surface area contributed by atoms with Crippen LogP contribution in [-0.4, -0.2) is 35.0 Å². The Kier molecular flexibility index (Phi) is 7.19. The third kappa shape index (κ3) is 5.77. The minimum Gasteiger partial charge on any atom is -0.497 e. The number of ether oxygens (including phenoxy) is 1. The lowest BCUT2D eigenvalue weighted by Crippen LogP contribution is -2.40. The van der Waals surface area contributed by atoms with Crippen molar-refractivity contribution in [1.82, 2.24) is 20.2 Å². The molecule has 0 aliphatic carbocycles. The molecule has 7 heteroatoms. The molecule has 1 unspecified atom stereocenters. The van der Waals surface area contributed by atoms with E-state index in [0.29, 0.717) is 6.54 Å². The molecule has 0 aliphatic rings. The van der Waals surface area contributed by atoms with Gasteiger partial charge in [0.05, 0.1) is 7.11 Å². The number of hydrogen-bond donors (Lipinski definition) is 2. The number of thioether (sulfide) groups is 1. The summed E-state index contributed by atoms with van der Waals surface area (Å²) in [6.45, 7) is 2.64. The van der Waals surface area contributed by atoms with Crippen LogP contribution in [0.15, 0.2) is 65.8 Å². The number of urea groups is 1.